The van der Waals surface area contributed by atoms with Gasteiger partial charge in [0.15, 0.2) is 0 Å². The van der Waals surface area contributed by atoms with Crippen LogP contribution in [0.25, 0.3) is 0 Å². The first-order valence-corrected chi connectivity index (χ1v) is 6.76. The molecule has 0 aromatic heterocycles. The summed E-state index contributed by atoms with van der Waals surface area (Å²) in [7, 11) is 1.59. The highest BCUT2D eigenvalue weighted by Gasteiger charge is 2.18. The topological polar surface area (TPSA) is 70.1 Å². The number of nitrogen functional groups attached to an aromatic ring is 1. The molecule has 2 rings (SSSR count). The van der Waals surface area contributed by atoms with Gasteiger partial charge in [0, 0.05) is 17.2 Å². The zero-order valence-electron chi connectivity index (χ0n) is 11.1. The van der Waals surface area contributed by atoms with Crippen LogP contribution >= 0.6 is 15.9 Å². The monoisotopic (exact) mass is 347 g/mol. The van der Waals surface area contributed by atoms with E-state index >= 15 is 0 Å². The third-order valence-electron chi connectivity index (χ3n) is 3.01. The van der Waals surface area contributed by atoms with Crippen LogP contribution in [-0.4, -0.2) is 13.0 Å². The van der Waals surface area contributed by atoms with Crippen molar-refractivity contribution in [3.8, 4) is 6.07 Å². The van der Waals surface area contributed by atoms with Crippen LogP contribution in [-0.2, 0) is 0 Å². The molecule has 4 nitrogen and oxygen atoms in total. The molecule has 0 atom stereocenters. The van der Waals surface area contributed by atoms with Crippen molar-refractivity contribution in [2.24, 2.45) is 0 Å². The van der Waals surface area contributed by atoms with E-state index in [9.17, 15) is 9.18 Å². The van der Waals surface area contributed by atoms with Gasteiger partial charge in [-0.1, -0.05) is 0 Å². The molecule has 0 bridgehead atoms. The summed E-state index contributed by atoms with van der Waals surface area (Å²) in [6, 6.07) is 11.0. The highest BCUT2D eigenvalue weighted by molar-refractivity contribution is 9.10. The molecule has 0 saturated heterocycles. The number of rotatable bonds is 2. The van der Waals surface area contributed by atoms with Gasteiger partial charge in [-0.05, 0) is 52.3 Å². The third kappa shape index (κ3) is 3.03. The zero-order chi connectivity index (χ0) is 15.6. The minimum absolute atomic E-state index is 0.0882. The summed E-state index contributed by atoms with van der Waals surface area (Å²) < 4.78 is 13.7. The number of carbonyl (C=O) groups is 1. The fourth-order valence-electron chi connectivity index (χ4n) is 1.79. The number of amides is 1. The van der Waals surface area contributed by atoms with Crippen molar-refractivity contribution in [1.82, 2.24) is 0 Å². The Morgan fingerprint density at radius 3 is 2.52 bits per heavy atom. The zero-order valence-corrected chi connectivity index (χ0v) is 12.7. The van der Waals surface area contributed by atoms with Gasteiger partial charge < -0.3 is 10.6 Å². The van der Waals surface area contributed by atoms with Gasteiger partial charge in [-0.15, -0.1) is 0 Å². The van der Waals surface area contributed by atoms with E-state index in [1.807, 2.05) is 6.07 Å². The quantitative estimate of drug-likeness (QED) is 0.847. The number of nitrogens with two attached hydrogens (primary N) is 1. The molecule has 2 aromatic rings. The van der Waals surface area contributed by atoms with Gasteiger partial charge in [0.2, 0.25) is 0 Å². The lowest BCUT2D eigenvalue weighted by Crippen LogP contribution is -2.26. The van der Waals surface area contributed by atoms with E-state index in [0.717, 1.165) is 6.07 Å². The van der Waals surface area contributed by atoms with Crippen LogP contribution in [0.1, 0.15) is 15.9 Å². The smallest absolute Gasteiger partial charge is 0.259 e. The minimum atomic E-state index is -0.584. The number of nitriles is 1. The first-order chi connectivity index (χ1) is 9.93. The van der Waals surface area contributed by atoms with Crippen molar-refractivity contribution in [3.05, 3.63) is 57.8 Å². The molecule has 0 aliphatic rings. The summed E-state index contributed by atoms with van der Waals surface area (Å²) in [5, 5.41) is 8.76. The maximum atomic E-state index is 13.3. The van der Waals surface area contributed by atoms with Crippen LogP contribution < -0.4 is 10.6 Å². The molecule has 2 aromatic carbocycles. The normalized spacial score (nSPS) is 10.0. The molecule has 0 saturated carbocycles. The summed E-state index contributed by atoms with van der Waals surface area (Å²) in [5.41, 5.74) is 6.80. The van der Waals surface area contributed by atoms with Gasteiger partial charge >= 0.3 is 0 Å². The van der Waals surface area contributed by atoms with Crippen LogP contribution in [0.15, 0.2) is 40.9 Å². The molecule has 1 amide bonds. The number of halogens is 2. The minimum Gasteiger partial charge on any atom is -0.396 e. The number of nitrogens with zero attached hydrogens (tertiary/aromatic N) is 2. The molecule has 0 spiro atoms. The van der Waals surface area contributed by atoms with Crippen LogP contribution in [0.2, 0.25) is 0 Å². The van der Waals surface area contributed by atoms with Crippen molar-refractivity contribution in [1.29, 1.82) is 5.26 Å². The Hall–Kier alpha value is -2.39. The molecule has 6 heteroatoms. The van der Waals surface area contributed by atoms with E-state index in [1.54, 1.807) is 31.3 Å². The first-order valence-electron chi connectivity index (χ1n) is 5.96. The van der Waals surface area contributed by atoms with Gasteiger partial charge in [0.1, 0.15) is 5.82 Å². The Kier molecular flexibility index (Phi) is 4.24. The van der Waals surface area contributed by atoms with Crippen molar-refractivity contribution in [2.75, 3.05) is 17.7 Å². The molecule has 0 fully saturated rings. The predicted molar refractivity (Wildman–Crippen MR) is 82.4 cm³/mol. The average molecular weight is 348 g/mol. The van der Waals surface area contributed by atoms with E-state index in [-0.39, 0.29) is 17.2 Å². The van der Waals surface area contributed by atoms with E-state index in [1.165, 1.54) is 11.0 Å². The second-order valence-corrected chi connectivity index (χ2v) is 5.23. The Bertz CT molecular complexity index is 738. The molecule has 21 heavy (non-hydrogen) atoms. The molecular weight excluding hydrogens is 337 g/mol. The summed E-state index contributed by atoms with van der Waals surface area (Å²) in [6.07, 6.45) is 0. The van der Waals surface area contributed by atoms with Crippen LogP contribution in [0.4, 0.5) is 15.8 Å². The number of hydrogen-bond donors (Lipinski definition) is 1. The van der Waals surface area contributed by atoms with E-state index in [4.69, 9.17) is 11.0 Å². The van der Waals surface area contributed by atoms with E-state index in [0.29, 0.717) is 15.7 Å². The first kappa shape index (κ1) is 15.0. The van der Waals surface area contributed by atoms with Crippen molar-refractivity contribution in [3.63, 3.8) is 0 Å². The Balaban J connectivity index is 2.35. The number of carbonyl (C=O) groups excluding carboxylic acids is 1. The van der Waals surface area contributed by atoms with Gasteiger partial charge in [-0.3, -0.25) is 4.79 Å². The van der Waals surface area contributed by atoms with E-state index < -0.39 is 5.82 Å². The maximum absolute atomic E-state index is 13.3. The average Bonchev–Trinajstić information content (AvgIpc) is 2.49. The lowest BCUT2D eigenvalue weighted by atomic mass is 10.1. The third-order valence-corrected chi connectivity index (χ3v) is 3.66. The summed E-state index contributed by atoms with van der Waals surface area (Å²) in [4.78, 5) is 13.8. The molecule has 0 radical (unpaired) electrons. The number of hydrogen-bond acceptors (Lipinski definition) is 3. The molecule has 0 aliphatic heterocycles. The van der Waals surface area contributed by atoms with Crippen molar-refractivity contribution >= 4 is 33.2 Å². The number of anilines is 2. The summed E-state index contributed by atoms with van der Waals surface area (Å²) in [5.74, 6) is -0.919. The molecule has 0 aliphatic carbocycles. The maximum Gasteiger partial charge on any atom is 0.259 e. The molecule has 106 valence electrons. The number of benzene rings is 2. The Morgan fingerprint density at radius 2 is 1.95 bits per heavy atom. The Labute approximate surface area is 129 Å². The van der Waals surface area contributed by atoms with Gasteiger partial charge in [0.25, 0.3) is 5.91 Å². The summed E-state index contributed by atoms with van der Waals surface area (Å²) >= 11 is 3.16. The lowest BCUT2D eigenvalue weighted by Gasteiger charge is -2.18. The second kappa shape index (κ2) is 5.94. The fourth-order valence-corrected chi connectivity index (χ4v) is 2.27. The predicted octanol–water partition coefficient (Wildman–Crippen LogP) is 3.32. The highest BCUT2D eigenvalue weighted by Crippen LogP contribution is 2.25. The second-order valence-electron chi connectivity index (χ2n) is 4.38. The highest BCUT2D eigenvalue weighted by atomic mass is 79.9. The molecule has 0 unspecified atom stereocenters. The molecule has 2 N–H and O–H groups in total. The SMILES string of the molecule is CN(C(=O)c1cc(N)c(F)cc1Br)c1ccc(C#N)cc1. The fraction of sp³-hybridized carbons (Fsp3) is 0.0667. The van der Waals surface area contributed by atoms with Crippen LogP contribution in [0.3, 0.4) is 0 Å². The Morgan fingerprint density at radius 1 is 1.33 bits per heavy atom. The van der Waals surface area contributed by atoms with Gasteiger partial charge in [0.05, 0.1) is 22.9 Å². The van der Waals surface area contributed by atoms with Crippen LogP contribution in [0.5, 0.6) is 0 Å². The van der Waals surface area contributed by atoms with Gasteiger partial charge in [-0.25, -0.2) is 4.39 Å². The van der Waals surface area contributed by atoms with Crippen molar-refractivity contribution < 1.29 is 9.18 Å². The van der Waals surface area contributed by atoms with E-state index in [2.05, 4.69) is 15.9 Å². The largest absolute Gasteiger partial charge is 0.396 e. The standard InChI is InChI=1S/C15H11BrFN3O/c1-20(10-4-2-9(8-18)3-5-10)15(21)11-6-14(19)13(17)7-12(11)16/h2-7H,19H2,1H3. The van der Waals surface area contributed by atoms with Crippen molar-refractivity contribution in [2.45, 2.75) is 0 Å². The summed E-state index contributed by atoms with van der Waals surface area (Å²) in [6.45, 7) is 0. The lowest BCUT2D eigenvalue weighted by molar-refractivity contribution is 0.0992. The molecule has 0 heterocycles. The van der Waals surface area contributed by atoms with Crippen LogP contribution in [0, 0.1) is 17.1 Å². The molecular formula is C15H11BrFN3O. The van der Waals surface area contributed by atoms with Gasteiger partial charge in [-0.2, -0.15) is 5.26 Å².